The summed E-state index contributed by atoms with van der Waals surface area (Å²) in [4.78, 5) is 12.5. The zero-order valence-electron chi connectivity index (χ0n) is 14.9. The van der Waals surface area contributed by atoms with Crippen LogP contribution < -0.4 is 16.0 Å². The molecule has 2 aromatic rings. The molecule has 0 saturated carbocycles. The highest BCUT2D eigenvalue weighted by molar-refractivity contribution is 5.65. The minimum atomic E-state index is -0.200. The summed E-state index contributed by atoms with van der Waals surface area (Å²) in [6, 6.07) is 3.80. The third kappa shape index (κ3) is 5.38. The van der Waals surface area contributed by atoms with E-state index in [2.05, 4.69) is 42.7 Å². The fourth-order valence-corrected chi connectivity index (χ4v) is 2.83. The zero-order chi connectivity index (χ0) is 18.9. The number of nitriles is 1. The lowest BCUT2D eigenvalue weighted by Crippen LogP contribution is -2.31. The molecule has 0 aromatic carbocycles. The Morgan fingerprint density at radius 1 is 1.15 bits per heavy atom. The second kappa shape index (κ2) is 9.48. The van der Waals surface area contributed by atoms with Gasteiger partial charge in [0, 0.05) is 18.8 Å². The van der Waals surface area contributed by atoms with Crippen molar-refractivity contribution in [2.75, 3.05) is 36.9 Å². The summed E-state index contributed by atoms with van der Waals surface area (Å²) in [7, 11) is 0. The van der Waals surface area contributed by atoms with E-state index in [1.807, 2.05) is 12.1 Å². The quantitative estimate of drug-likeness (QED) is 0.586. The molecule has 0 aliphatic carbocycles. The second-order valence-corrected chi connectivity index (χ2v) is 6.17. The second-order valence-electron chi connectivity index (χ2n) is 6.17. The van der Waals surface area contributed by atoms with Crippen LogP contribution >= 0.6 is 0 Å². The number of piperidine rings is 1. The predicted octanol–water partition coefficient (Wildman–Crippen LogP) is 1.24. The average Bonchev–Trinajstić information content (AvgIpc) is 2.73. The standard InChI is InChI=1S/C19H21N7O/c20-9-16-12-25-19(13-22-16)26-18-8-17(15(11-24-18)2-1-7-27)23-10-14-3-5-21-6-4-14/h8,11-14,21,27H,3-7,10H2,(H2,23,24,25,26). The lowest BCUT2D eigenvalue weighted by atomic mass is 9.98. The molecule has 1 aliphatic heterocycles. The minimum Gasteiger partial charge on any atom is -0.384 e. The van der Waals surface area contributed by atoms with E-state index >= 15 is 0 Å². The lowest BCUT2D eigenvalue weighted by molar-refractivity contribution is 0.350. The minimum absolute atomic E-state index is 0.200. The first-order valence-electron chi connectivity index (χ1n) is 8.82. The summed E-state index contributed by atoms with van der Waals surface area (Å²) in [5.74, 6) is 7.30. The Bertz CT molecular complexity index is 858. The number of hydrogen-bond donors (Lipinski definition) is 4. The molecule has 27 heavy (non-hydrogen) atoms. The van der Waals surface area contributed by atoms with Gasteiger partial charge in [-0.3, -0.25) is 0 Å². The van der Waals surface area contributed by atoms with Crippen molar-refractivity contribution in [2.24, 2.45) is 5.92 Å². The molecular weight excluding hydrogens is 342 g/mol. The van der Waals surface area contributed by atoms with Gasteiger partial charge >= 0.3 is 0 Å². The maximum absolute atomic E-state index is 8.97. The fraction of sp³-hybridized carbons (Fsp3) is 0.368. The molecule has 0 unspecified atom stereocenters. The monoisotopic (exact) mass is 363 g/mol. The van der Waals surface area contributed by atoms with Gasteiger partial charge in [-0.05, 0) is 31.8 Å². The SMILES string of the molecule is N#Cc1cnc(Nc2cc(NCC3CCNCC3)c(C#CCO)cn2)cn1. The van der Waals surface area contributed by atoms with Gasteiger partial charge in [-0.1, -0.05) is 11.8 Å². The summed E-state index contributed by atoms with van der Waals surface area (Å²) in [5.41, 5.74) is 1.84. The summed E-state index contributed by atoms with van der Waals surface area (Å²) >= 11 is 0. The van der Waals surface area contributed by atoms with E-state index in [-0.39, 0.29) is 12.3 Å². The van der Waals surface area contributed by atoms with Crippen molar-refractivity contribution >= 4 is 17.3 Å². The van der Waals surface area contributed by atoms with Crippen LogP contribution in [0.15, 0.2) is 24.7 Å². The van der Waals surface area contributed by atoms with Crippen LogP contribution in [-0.4, -0.2) is 46.3 Å². The highest BCUT2D eigenvalue weighted by atomic mass is 16.2. The van der Waals surface area contributed by atoms with Crippen molar-refractivity contribution in [1.82, 2.24) is 20.3 Å². The smallest absolute Gasteiger partial charge is 0.158 e. The maximum Gasteiger partial charge on any atom is 0.158 e. The molecule has 8 nitrogen and oxygen atoms in total. The number of anilines is 3. The lowest BCUT2D eigenvalue weighted by Gasteiger charge is -2.23. The van der Waals surface area contributed by atoms with Crippen LogP contribution in [0.4, 0.5) is 17.3 Å². The third-order valence-corrected chi connectivity index (χ3v) is 4.27. The predicted molar refractivity (Wildman–Crippen MR) is 102 cm³/mol. The molecule has 0 spiro atoms. The molecule has 3 rings (SSSR count). The normalized spacial score (nSPS) is 13.9. The number of aromatic nitrogens is 3. The number of nitrogens with zero attached hydrogens (tertiary/aromatic N) is 4. The molecule has 0 bridgehead atoms. The van der Waals surface area contributed by atoms with Crippen LogP contribution in [0.3, 0.4) is 0 Å². The Morgan fingerprint density at radius 3 is 2.67 bits per heavy atom. The summed E-state index contributed by atoms with van der Waals surface area (Å²) < 4.78 is 0. The molecule has 3 heterocycles. The Kier molecular flexibility index (Phi) is 6.53. The van der Waals surface area contributed by atoms with Gasteiger partial charge in [0.05, 0.1) is 23.6 Å². The molecule has 2 aromatic heterocycles. The molecule has 1 fully saturated rings. The number of aliphatic hydroxyl groups is 1. The average molecular weight is 363 g/mol. The Morgan fingerprint density at radius 2 is 1.96 bits per heavy atom. The van der Waals surface area contributed by atoms with Gasteiger partial charge in [0.2, 0.25) is 0 Å². The van der Waals surface area contributed by atoms with Gasteiger partial charge in [-0.25, -0.2) is 15.0 Å². The highest BCUT2D eigenvalue weighted by Crippen LogP contribution is 2.22. The van der Waals surface area contributed by atoms with E-state index in [9.17, 15) is 0 Å². The Labute approximate surface area is 158 Å². The van der Waals surface area contributed by atoms with Crippen molar-refractivity contribution in [1.29, 1.82) is 5.26 Å². The van der Waals surface area contributed by atoms with E-state index in [1.54, 1.807) is 6.20 Å². The van der Waals surface area contributed by atoms with Crippen molar-refractivity contribution in [3.05, 3.63) is 35.9 Å². The van der Waals surface area contributed by atoms with Gasteiger partial charge in [0.15, 0.2) is 5.69 Å². The highest BCUT2D eigenvalue weighted by Gasteiger charge is 2.13. The van der Waals surface area contributed by atoms with E-state index < -0.39 is 0 Å². The van der Waals surface area contributed by atoms with Crippen molar-refractivity contribution in [3.8, 4) is 17.9 Å². The van der Waals surface area contributed by atoms with Crippen molar-refractivity contribution in [3.63, 3.8) is 0 Å². The van der Waals surface area contributed by atoms with E-state index in [4.69, 9.17) is 10.4 Å². The Hall–Kier alpha value is -3.20. The number of pyridine rings is 1. The maximum atomic E-state index is 8.97. The number of nitrogens with one attached hydrogen (secondary N) is 3. The topological polar surface area (TPSA) is 119 Å². The zero-order valence-corrected chi connectivity index (χ0v) is 14.9. The molecule has 1 aliphatic rings. The van der Waals surface area contributed by atoms with Gasteiger partial charge in [0.1, 0.15) is 24.3 Å². The molecular formula is C19H21N7O. The van der Waals surface area contributed by atoms with Crippen LogP contribution in [0.2, 0.25) is 0 Å². The molecule has 0 amide bonds. The molecule has 8 heteroatoms. The van der Waals surface area contributed by atoms with E-state index in [1.165, 1.54) is 12.4 Å². The first kappa shape index (κ1) is 18.6. The van der Waals surface area contributed by atoms with E-state index in [0.717, 1.165) is 43.7 Å². The van der Waals surface area contributed by atoms with Gasteiger partial charge in [-0.15, -0.1) is 0 Å². The molecule has 0 radical (unpaired) electrons. The van der Waals surface area contributed by atoms with Crippen LogP contribution in [-0.2, 0) is 0 Å². The molecule has 1 saturated heterocycles. The van der Waals surface area contributed by atoms with Gasteiger partial charge < -0.3 is 21.1 Å². The Balaban J connectivity index is 1.75. The number of rotatable bonds is 5. The summed E-state index contributed by atoms with van der Waals surface area (Å²) in [6.45, 7) is 2.75. The van der Waals surface area contributed by atoms with Crippen molar-refractivity contribution in [2.45, 2.75) is 12.8 Å². The van der Waals surface area contributed by atoms with Crippen molar-refractivity contribution < 1.29 is 5.11 Å². The van der Waals surface area contributed by atoms with Gasteiger partial charge in [-0.2, -0.15) is 5.26 Å². The van der Waals surface area contributed by atoms with Crippen LogP contribution in [0, 0.1) is 29.1 Å². The molecule has 0 atom stereocenters. The summed E-state index contributed by atoms with van der Waals surface area (Å²) in [5, 5.41) is 27.7. The number of hydrogen-bond acceptors (Lipinski definition) is 8. The molecule has 4 N–H and O–H groups in total. The number of aliphatic hydroxyl groups excluding tert-OH is 1. The fourth-order valence-electron chi connectivity index (χ4n) is 2.83. The first-order chi connectivity index (χ1) is 13.3. The first-order valence-corrected chi connectivity index (χ1v) is 8.82. The van der Waals surface area contributed by atoms with Crippen LogP contribution in [0.1, 0.15) is 24.1 Å². The third-order valence-electron chi connectivity index (χ3n) is 4.27. The largest absolute Gasteiger partial charge is 0.384 e. The van der Waals surface area contributed by atoms with Crippen LogP contribution in [0.5, 0.6) is 0 Å². The van der Waals surface area contributed by atoms with Gasteiger partial charge in [0.25, 0.3) is 0 Å². The molecule has 138 valence electrons. The van der Waals surface area contributed by atoms with E-state index in [0.29, 0.717) is 17.6 Å². The van der Waals surface area contributed by atoms with Crippen LogP contribution in [0.25, 0.3) is 0 Å². The summed E-state index contributed by atoms with van der Waals surface area (Å²) in [6.07, 6.45) is 6.83.